The Labute approximate surface area is 164 Å². The topological polar surface area (TPSA) is 69.0 Å². The smallest absolute Gasteiger partial charge is 0.300 e. The van der Waals surface area contributed by atoms with Gasteiger partial charge in [-0.05, 0) is 48.2 Å². The summed E-state index contributed by atoms with van der Waals surface area (Å²) < 4.78 is 20.8. The zero-order valence-corrected chi connectivity index (χ0v) is 15.9. The van der Waals surface area contributed by atoms with Crippen LogP contribution in [-0.4, -0.2) is 33.4 Å². The zero-order valence-electron chi connectivity index (χ0n) is 15.1. The van der Waals surface area contributed by atoms with Gasteiger partial charge >= 0.3 is 0 Å². The number of thioether (sulfide) groups is 1. The summed E-state index contributed by atoms with van der Waals surface area (Å²) in [7, 11) is 1.59. The summed E-state index contributed by atoms with van der Waals surface area (Å²) in [5, 5.41) is 8.19. The number of ether oxygens (including phenoxy) is 1. The number of hydrogen-bond donors (Lipinski definition) is 1. The second-order valence-electron chi connectivity index (χ2n) is 6.88. The molecule has 1 N–H and O–H groups in total. The van der Waals surface area contributed by atoms with Crippen molar-refractivity contribution in [2.45, 2.75) is 12.1 Å². The van der Waals surface area contributed by atoms with E-state index in [1.165, 1.54) is 12.1 Å². The molecule has 142 valence electrons. The van der Waals surface area contributed by atoms with E-state index in [-0.39, 0.29) is 11.5 Å². The van der Waals surface area contributed by atoms with Gasteiger partial charge in [0.2, 0.25) is 0 Å². The molecule has 0 saturated carbocycles. The third-order valence-electron chi connectivity index (χ3n) is 5.17. The number of aromatic nitrogens is 3. The Morgan fingerprint density at radius 3 is 2.79 bits per heavy atom. The molecule has 0 bridgehead atoms. The number of rotatable bonds is 2. The van der Waals surface area contributed by atoms with Gasteiger partial charge in [0.15, 0.2) is 11.5 Å². The molecule has 28 heavy (non-hydrogen) atoms. The van der Waals surface area contributed by atoms with Crippen molar-refractivity contribution >= 4 is 17.4 Å². The highest BCUT2D eigenvalue weighted by Crippen LogP contribution is 2.43. The standard InChI is InChI=1S/C20H17FN4O2S/c1-27-14-5-2-12(3-6-14)17-19(26)22-18-15-7-4-13(21)10-16(15)23-20(25(18)24-17)8-9-28-11-20/h2-7,10,23H,8-9,11H2,1H3/t20-/m0/s1. The summed E-state index contributed by atoms with van der Waals surface area (Å²) in [6, 6.07) is 11.6. The maximum Gasteiger partial charge on any atom is 0.300 e. The molecule has 2 aliphatic rings. The summed E-state index contributed by atoms with van der Waals surface area (Å²) >= 11 is 1.79. The molecule has 2 aliphatic heterocycles. The minimum atomic E-state index is -0.525. The molecular formula is C20H17FN4O2S. The molecule has 2 aromatic carbocycles. The number of nitrogens with zero attached hydrogens (tertiary/aromatic N) is 3. The van der Waals surface area contributed by atoms with Crippen molar-refractivity contribution in [2.75, 3.05) is 23.9 Å². The molecule has 1 saturated heterocycles. The first-order valence-corrected chi connectivity index (χ1v) is 10.1. The van der Waals surface area contributed by atoms with Crippen LogP contribution in [0.15, 0.2) is 47.3 Å². The molecule has 0 amide bonds. The van der Waals surface area contributed by atoms with Crippen molar-refractivity contribution in [3.05, 3.63) is 58.6 Å². The average molecular weight is 396 g/mol. The van der Waals surface area contributed by atoms with Gasteiger partial charge in [0.25, 0.3) is 5.56 Å². The second kappa shape index (κ2) is 6.34. The molecule has 8 heteroatoms. The number of benzene rings is 2. The highest BCUT2D eigenvalue weighted by molar-refractivity contribution is 7.99. The van der Waals surface area contributed by atoms with Crippen molar-refractivity contribution in [2.24, 2.45) is 0 Å². The van der Waals surface area contributed by atoms with Gasteiger partial charge in [-0.2, -0.15) is 21.8 Å². The Bertz CT molecular complexity index is 1120. The largest absolute Gasteiger partial charge is 0.497 e. The maximum atomic E-state index is 13.8. The fourth-order valence-electron chi connectivity index (χ4n) is 3.73. The Morgan fingerprint density at radius 1 is 1.25 bits per heavy atom. The predicted molar refractivity (Wildman–Crippen MR) is 107 cm³/mol. The molecule has 1 aromatic heterocycles. The SMILES string of the molecule is COc1ccc(-c2nn3c(nc2=O)-c2ccc(F)cc2N[C@@]32CCSC2)cc1. The fraction of sp³-hybridized carbons (Fsp3) is 0.250. The number of nitrogens with one attached hydrogen (secondary N) is 1. The van der Waals surface area contributed by atoms with Crippen molar-refractivity contribution in [1.82, 2.24) is 14.8 Å². The van der Waals surface area contributed by atoms with E-state index in [4.69, 9.17) is 9.84 Å². The lowest BCUT2D eigenvalue weighted by Gasteiger charge is -2.38. The molecule has 1 atom stereocenters. The summed E-state index contributed by atoms with van der Waals surface area (Å²) in [6.07, 6.45) is 0.806. The fourth-order valence-corrected chi connectivity index (χ4v) is 5.03. The number of anilines is 1. The van der Waals surface area contributed by atoms with Crippen molar-refractivity contribution < 1.29 is 9.13 Å². The maximum absolute atomic E-state index is 13.8. The summed E-state index contributed by atoms with van der Waals surface area (Å²) in [6.45, 7) is 0. The minimum Gasteiger partial charge on any atom is -0.497 e. The molecule has 1 fully saturated rings. The van der Waals surface area contributed by atoms with E-state index in [1.807, 2.05) is 4.68 Å². The molecule has 0 unspecified atom stereocenters. The summed E-state index contributed by atoms with van der Waals surface area (Å²) in [5.74, 6) is 2.55. The van der Waals surface area contributed by atoms with Gasteiger partial charge in [-0.15, -0.1) is 0 Å². The molecule has 1 spiro atoms. The monoisotopic (exact) mass is 396 g/mol. The van der Waals surface area contributed by atoms with Gasteiger partial charge in [0.1, 0.15) is 17.2 Å². The normalized spacial score (nSPS) is 19.8. The number of fused-ring (bicyclic) bond motifs is 4. The lowest BCUT2D eigenvalue weighted by atomic mass is 10.0. The average Bonchev–Trinajstić information content (AvgIpc) is 3.16. The van der Waals surface area contributed by atoms with E-state index in [0.717, 1.165) is 17.9 Å². The minimum absolute atomic E-state index is 0.287. The van der Waals surface area contributed by atoms with Crippen LogP contribution in [0.5, 0.6) is 5.75 Å². The third-order valence-corrected chi connectivity index (χ3v) is 6.34. The number of methoxy groups -OCH3 is 1. The van der Waals surface area contributed by atoms with Gasteiger partial charge in [-0.3, -0.25) is 4.79 Å². The zero-order chi connectivity index (χ0) is 19.3. The Balaban J connectivity index is 1.73. The highest BCUT2D eigenvalue weighted by Gasteiger charge is 2.43. The van der Waals surface area contributed by atoms with E-state index in [9.17, 15) is 9.18 Å². The van der Waals surface area contributed by atoms with Gasteiger partial charge in [-0.25, -0.2) is 9.07 Å². The first-order valence-electron chi connectivity index (χ1n) is 8.92. The molecule has 6 nitrogen and oxygen atoms in total. The first-order chi connectivity index (χ1) is 13.6. The summed E-state index contributed by atoms with van der Waals surface area (Å²) in [4.78, 5) is 17.2. The van der Waals surface area contributed by atoms with E-state index >= 15 is 0 Å². The molecular weight excluding hydrogens is 379 g/mol. The lowest BCUT2D eigenvalue weighted by Crippen LogP contribution is -2.47. The molecule has 3 aromatic rings. The third kappa shape index (κ3) is 2.59. The van der Waals surface area contributed by atoms with Gasteiger partial charge in [0.05, 0.1) is 7.11 Å². The Hall–Kier alpha value is -2.87. The molecule has 0 aliphatic carbocycles. The van der Waals surface area contributed by atoms with Crippen LogP contribution in [0.2, 0.25) is 0 Å². The van der Waals surface area contributed by atoms with E-state index in [2.05, 4.69) is 10.3 Å². The quantitative estimate of drug-likeness (QED) is 0.717. The van der Waals surface area contributed by atoms with E-state index in [1.54, 1.807) is 49.2 Å². The molecule has 5 rings (SSSR count). The van der Waals surface area contributed by atoms with Crippen molar-refractivity contribution in [3.63, 3.8) is 0 Å². The highest BCUT2D eigenvalue weighted by atomic mass is 32.2. The van der Waals surface area contributed by atoms with E-state index in [0.29, 0.717) is 28.4 Å². The van der Waals surface area contributed by atoms with Gasteiger partial charge < -0.3 is 10.1 Å². The van der Waals surface area contributed by atoms with Crippen LogP contribution in [0.25, 0.3) is 22.6 Å². The summed E-state index contributed by atoms with van der Waals surface area (Å²) in [5.41, 5.74) is 1.36. The van der Waals surface area contributed by atoms with Crippen LogP contribution >= 0.6 is 11.8 Å². The second-order valence-corrected chi connectivity index (χ2v) is 7.98. The number of halogens is 1. The van der Waals surface area contributed by atoms with Crippen LogP contribution in [0.4, 0.5) is 10.1 Å². The predicted octanol–water partition coefficient (Wildman–Crippen LogP) is 3.34. The van der Waals surface area contributed by atoms with E-state index < -0.39 is 11.2 Å². The van der Waals surface area contributed by atoms with Crippen LogP contribution in [-0.2, 0) is 5.66 Å². The first kappa shape index (κ1) is 17.2. The van der Waals surface area contributed by atoms with Crippen LogP contribution in [0, 0.1) is 5.82 Å². The Morgan fingerprint density at radius 2 is 2.07 bits per heavy atom. The van der Waals surface area contributed by atoms with Crippen molar-refractivity contribution in [1.29, 1.82) is 0 Å². The lowest BCUT2D eigenvalue weighted by molar-refractivity contribution is 0.332. The van der Waals surface area contributed by atoms with Crippen molar-refractivity contribution in [3.8, 4) is 28.4 Å². The Kier molecular flexibility index (Phi) is 3.90. The number of hydrogen-bond acceptors (Lipinski definition) is 6. The van der Waals surface area contributed by atoms with Crippen LogP contribution < -0.4 is 15.6 Å². The van der Waals surface area contributed by atoms with Crippen LogP contribution in [0.3, 0.4) is 0 Å². The van der Waals surface area contributed by atoms with Gasteiger partial charge in [0, 0.05) is 29.0 Å². The van der Waals surface area contributed by atoms with Crippen LogP contribution in [0.1, 0.15) is 6.42 Å². The molecule has 0 radical (unpaired) electrons. The van der Waals surface area contributed by atoms with Gasteiger partial charge in [-0.1, -0.05) is 0 Å². The molecule has 3 heterocycles.